The molecule has 10 nitrogen and oxygen atoms in total. The normalized spacial score (nSPS) is 10.4. The van der Waals surface area contributed by atoms with Crippen molar-refractivity contribution >= 4 is 23.2 Å². The number of nitrogens with one attached hydrogen (secondary N) is 2. The van der Waals surface area contributed by atoms with E-state index in [1.165, 1.54) is 24.3 Å². The van der Waals surface area contributed by atoms with Crippen LogP contribution in [0.1, 0.15) is 36.8 Å². The molecule has 2 N–H and O–H groups in total. The van der Waals surface area contributed by atoms with Crippen LogP contribution in [0.2, 0.25) is 0 Å². The van der Waals surface area contributed by atoms with E-state index in [2.05, 4.69) is 10.6 Å². The number of nitrogens with zero attached hydrogens (tertiary/aromatic N) is 2. The zero-order valence-corrected chi connectivity index (χ0v) is 17.6. The van der Waals surface area contributed by atoms with E-state index in [1.54, 1.807) is 24.3 Å². The smallest absolute Gasteiger partial charge is 0.269 e. The molecule has 0 aromatic heterocycles. The summed E-state index contributed by atoms with van der Waals surface area (Å²) in [5.74, 6) is -0.184. The molecule has 0 spiro atoms. The molecule has 0 aliphatic heterocycles. The molecular weight excluding hydrogens is 416 g/mol. The van der Waals surface area contributed by atoms with E-state index in [0.717, 1.165) is 11.1 Å². The fraction of sp³-hybridized carbons (Fsp3) is 0.364. The number of rotatable bonds is 13. The zero-order valence-electron chi connectivity index (χ0n) is 17.6. The van der Waals surface area contributed by atoms with Crippen LogP contribution in [0, 0.1) is 20.2 Å². The zero-order chi connectivity index (χ0) is 23.3. The number of nitro groups is 2. The molecule has 0 aliphatic carbocycles. The molecule has 2 aromatic carbocycles. The molecule has 0 saturated carbocycles. The Morgan fingerprint density at radius 3 is 1.31 bits per heavy atom. The summed E-state index contributed by atoms with van der Waals surface area (Å²) in [7, 11) is 0. The van der Waals surface area contributed by atoms with Crippen LogP contribution < -0.4 is 10.6 Å². The number of amides is 2. The largest absolute Gasteiger partial charge is 0.356 e. The molecule has 0 saturated heterocycles. The maximum absolute atomic E-state index is 11.9. The maximum atomic E-state index is 11.9. The predicted molar refractivity (Wildman–Crippen MR) is 118 cm³/mol. The van der Waals surface area contributed by atoms with Crippen LogP contribution in [-0.4, -0.2) is 34.8 Å². The second kappa shape index (κ2) is 12.8. The van der Waals surface area contributed by atoms with Crippen molar-refractivity contribution in [1.82, 2.24) is 10.6 Å². The second-order valence-electron chi connectivity index (χ2n) is 7.25. The number of nitro benzene ring substituents is 2. The Labute approximate surface area is 185 Å². The van der Waals surface area contributed by atoms with Gasteiger partial charge >= 0.3 is 0 Å². The molecule has 0 atom stereocenters. The summed E-state index contributed by atoms with van der Waals surface area (Å²) in [4.78, 5) is 44.1. The molecule has 0 unspecified atom stereocenters. The van der Waals surface area contributed by atoms with E-state index in [4.69, 9.17) is 0 Å². The molecule has 0 aliphatic rings. The van der Waals surface area contributed by atoms with Gasteiger partial charge in [-0.25, -0.2) is 0 Å². The minimum Gasteiger partial charge on any atom is -0.356 e. The van der Waals surface area contributed by atoms with Crippen molar-refractivity contribution in [2.75, 3.05) is 13.1 Å². The van der Waals surface area contributed by atoms with Crippen LogP contribution >= 0.6 is 0 Å². The van der Waals surface area contributed by atoms with Gasteiger partial charge in [-0.15, -0.1) is 0 Å². The average molecular weight is 442 g/mol. The van der Waals surface area contributed by atoms with Gasteiger partial charge in [0.2, 0.25) is 11.8 Å². The highest BCUT2D eigenvalue weighted by molar-refractivity contribution is 5.77. The Balaban J connectivity index is 1.51. The Kier molecular flexibility index (Phi) is 9.76. The molecule has 2 aromatic rings. The van der Waals surface area contributed by atoms with E-state index in [1.807, 2.05) is 0 Å². The Morgan fingerprint density at radius 2 is 1.00 bits per heavy atom. The van der Waals surface area contributed by atoms with E-state index in [-0.39, 0.29) is 23.2 Å². The molecular formula is C22H26N4O6. The van der Waals surface area contributed by atoms with Crippen LogP contribution in [0.5, 0.6) is 0 Å². The van der Waals surface area contributed by atoms with Crippen molar-refractivity contribution in [3.63, 3.8) is 0 Å². The molecule has 2 rings (SSSR count). The van der Waals surface area contributed by atoms with Crippen LogP contribution in [-0.2, 0) is 22.4 Å². The molecule has 2 amide bonds. The summed E-state index contributed by atoms with van der Waals surface area (Å²) >= 11 is 0. The molecule has 10 heteroatoms. The van der Waals surface area contributed by atoms with Gasteiger partial charge < -0.3 is 10.6 Å². The first-order chi connectivity index (χ1) is 15.3. The average Bonchev–Trinajstić information content (AvgIpc) is 2.77. The monoisotopic (exact) mass is 442 g/mol. The number of hydrogen-bond acceptors (Lipinski definition) is 6. The summed E-state index contributed by atoms with van der Waals surface area (Å²) in [5, 5.41) is 26.9. The number of hydrogen-bond donors (Lipinski definition) is 2. The van der Waals surface area contributed by atoms with Gasteiger partial charge in [0.15, 0.2) is 0 Å². The summed E-state index contributed by atoms with van der Waals surface area (Å²) in [6.07, 6.45) is 3.02. The molecule has 32 heavy (non-hydrogen) atoms. The molecule has 0 radical (unpaired) electrons. The van der Waals surface area contributed by atoms with Gasteiger partial charge in [0, 0.05) is 50.2 Å². The third kappa shape index (κ3) is 8.90. The summed E-state index contributed by atoms with van der Waals surface area (Å²) < 4.78 is 0. The lowest BCUT2D eigenvalue weighted by Gasteiger charge is -2.07. The lowest BCUT2D eigenvalue weighted by molar-refractivity contribution is -0.385. The van der Waals surface area contributed by atoms with E-state index in [0.29, 0.717) is 51.6 Å². The first kappa shape index (κ1) is 24.4. The molecule has 0 heterocycles. The predicted octanol–water partition coefficient (Wildman–Crippen LogP) is 3.08. The summed E-state index contributed by atoms with van der Waals surface area (Å²) in [5.41, 5.74) is 1.88. The highest BCUT2D eigenvalue weighted by Crippen LogP contribution is 2.13. The number of carbonyl (C=O) groups excluding carboxylic acids is 2. The standard InChI is InChI=1S/C22H26N4O6/c27-21(23-15-13-17-5-9-19(10-6-17)25(29)30)3-1-2-4-22(28)24-16-14-18-7-11-20(12-8-18)26(31)32/h5-12H,1-4,13-16H2,(H,23,27)(H,24,28). The van der Waals surface area contributed by atoms with Gasteiger partial charge in [-0.2, -0.15) is 0 Å². The fourth-order valence-corrected chi connectivity index (χ4v) is 3.01. The van der Waals surface area contributed by atoms with Gasteiger partial charge in [0.1, 0.15) is 0 Å². The van der Waals surface area contributed by atoms with E-state index < -0.39 is 9.85 Å². The quantitative estimate of drug-likeness (QED) is 0.277. The topological polar surface area (TPSA) is 144 Å². The van der Waals surface area contributed by atoms with Gasteiger partial charge in [0.05, 0.1) is 9.85 Å². The molecule has 170 valence electrons. The van der Waals surface area contributed by atoms with Crippen molar-refractivity contribution in [1.29, 1.82) is 0 Å². The minimum atomic E-state index is -0.454. The minimum absolute atomic E-state index is 0.0353. The third-order valence-corrected chi connectivity index (χ3v) is 4.82. The van der Waals surface area contributed by atoms with Gasteiger partial charge in [-0.05, 0) is 36.8 Å². The Hall–Kier alpha value is -3.82. The van der Waals surface area contributed by atoms with Gasteiger partial charge in [0.25, 0.3) is 11.4 Å². The summed E-state index contributed by atoms with van der Waals surface area (Å²) in [6.45, 7) is 0.888. The Bertz CT molecular complexity index is 851. The third-order valence-electron chi connectivity index (χ3n) is 4.82. The van der Waals surface area contributed by atoms with Crippen molar-refractivity contribution in [2.45, 2.75) is 38.5 Å². The first-order valence-corrected chi connectivity index (χ1v) is 10.3. The van der Waals surface area contributed by atoms with Crippen molar-refractivity contribution in [3.8, 4) is 0 Å². The van der Waals surface area contributed by atoms with E-state index in [9.17, 15) is 29.8 Å². The molecule has 0 bridgehead atoms. The van der Waals surface area contributed by atoms with Gasteiger partial charge in [-0.1, -0.05) is 24.3 Å². The number of non-ortho nitro benzene ring substituents is 2. The van der Waals surface area contributed by atoms with Crippen LogP contribution in [0.4, 0.5) is 11.4 Å². The number of benzene rings is 2. The number of unbranched alkanes of at least 4 members (excludes halogenated alkanes) is 1. The fourth-order valence-electron chi connectivity index (χ4n) is 3.01. The number of carbonyl (C=O) groups is 2. The maximum Gasteiger partial charge on any atom is 0.269 e. The Morgan fingerprint density at radius 1 is 0.656 bits per heavy atom. The van der Waals surface area contributed by atoms with Crippen molar-refractivity contribution in [3.05, 3.63) is 79.9 Å². The first-order valence-electron chi connectivity index (χ1n) is 10.3. The van der Waals surface area contributed by atoms with Gasteiger partial charge in [-0.3, -0.25) is 29.8 Å². The SMILES string of the molecule is O=C(CCCCC(=O)NCCc1ccc([N+](=O)[O-])cc1)NCCc1ccc([N+](=O)[O-])cc1. The van der Waals surface area contributed by atoms with Crippen LogP contribution in [0.3, 0.4) is 0 Å². The van der Waals surface area contributed by atoms with Crippen LogP contribution in [0.25, 0.3) is 0 Å². The molecule has 0 fully saturated rings. The second-order valence-corrected chi connectivity index (χ2v) is 7.25. The summed E-state index contributed by atoms with van der Waals surface area (Å²) in [6, 6.07) is 12.4. The highest BCUT2D eigenvalue weighted by atomic mass is 16.6. The lowest BCUT2D eigenvalue weighted by Crippen LogP contribution is -2.26. The van der Waals surface area contributed by atoms with E-state index >= 15 is 0 Å². The van der Waals surface area contributed by atoms with Crippen molar-refractivity contribution in [2.24, 2.45) is 0 Å². The highest BCUT2D eigenvalue weighted by Gasteiger charge is 2.07. The lowest BCUT2D eigenvalue weighted by atomic mass is 10.1. The van der Waals surface area contributed by atoms with Crippen molar-refractivity contribution < 1.29 is 19.4 Å². The van der Waals surface area contributed by atoms with Crippen LogP contribution in [0.15, 0.2) is 48.5 Å².